The van der Waals surface area contributed by atoms with Gasteiger partial charge in [0.25, 0.3) is 0 Å². The number of aromatic nitrogens is 3. The standard InChI is InChI=1S/C89H138N22O21S2/c1-48(2)39-65(84(127)106-70(47-112)75(92)118)102-86(129)69-44-59-46-111(110-109-59)36-22-19-29-60(78(121)94-50(5)76(119)101-68(42-55-23-13-12-14-24-55)85(128)99-62(80(123)103-69)28-18-21-35-91)97-79(122)61(27-17-20-34-90)98-83(126)66(40-49(3)4)104-87(130)73(52(7)114)107-82(125)64(33-38-134-11)100-81(124)63(32-37-133-10)96-71(117)45-93-77(120)67(43-56-30-31-57-25-15-16-26-58(57)41-56)105-88(131)74(53(8)115)108-89(132)72(51(6)113)95-54(9)116/h12-16,23-26,30-31,41,46,48-53,60-70,72-74,112-115H,17-22,27-29,32-40,42-45,47,90-91H2,1-11H3,(H2,92,118)(H,93,120)(H,94,121)(H,95,116)(H,96,117)(H,97,122)(H,98,126)(H,99,128)(H,100,124)(H,101,119)(H,102,129)(H,103,123)(H,104,130)(H,105,131)(H,106,127)(H,107,125)(H,108,132)/t50-,51+,52+,53+,60-,61-,62-,63-,64-,65-,66-,67?,68+,69+,70+,72+,73-,74+/m1/s1. The molecule has 5 rings (SSSR count). The molecular weight excluding hydrogens is 1780 g/mol. The average molecular weight is 1920 g/mol. The summed E-state index contributed by atoms with van der Waals surface area (Å²) in [5, 5.41) is 93.8. The van der Waals surface area contributed by atoms with Crippen LogP contribution in [0.3, 0.4) is 0 Å². The van der Waals surface area contributed by atoms with Gasteiger partial charge in [0.05, 0.1) is 37.2 Å². The molecule has 1 aromatic heterocycles. The number of fused-ring (bicyclic) bond motifs is 3. The Bertz CT molecular complexity index is 4570. The number of carbonyl (C=O) groups excluding carboxylic acids is 17. The van der Waals surface area contributed by atoms with Crippen LogP contribution in [-0.2, 0) is 107 Å². The number of aliphatic hydroxyl groups excluding tert-OH is 4. The van der Waals surface area contributed by atoms with E-state index in [-0.39, 0.29) is 132 Å². The van der Waals surface area contributed by atoms with Crippen molar-refractivity contribution in [2.75, 3.05) is 50.3 Å². The van der Waals surface area contributed by atoms with Crippen molar-refractivity contribution in [2.24, 2.45) is 29.0 Å². The Morgan fingerprint density at radius 3 is 1.60 bits per heavy atom. The summed E-state index contributed by atoms with van der Waals surface area (Å²) in [6, 6.07) is -1.24. The predicted octanol–water partition coefficient (Wildman–Crippen LogP) is -4.45. The molecular formula is C89H138N22O21S2. The zero-order valence-electron chi connectivity index (χ0n) is 77.9. The first-order chi connectivity index (χ1) is 63.6. The molecule has 26 N–H and O–H groups in total. The largest absolute Gasteiger partial charge is 0.394 e. The Morgan fingerprint density at radius 2 is 1.02 bits per heavy atom. The molecule has 1 unspecified atom stereocenters. The van der Waals surface area contributed by atoms with E-state index in [4.69, 9.17) is 17.2 Å². The van der Waals surface area contributed by atoms with Gasteiger partial charge in [0, 0.05) is 38.9 Å². The number of benzene rings is 3. The molecule has 45 heteroatoms. The number of aryl methyl sites for hydroxylation is 1. The first-order valence-electron chi connectivity index (χ1n) is 45.1. The smallest absolute Gasteiger partial charge is 0.245 e. The van der Waals surface area contributed by atoms with E-state index in [2.05, 4.69) is 95.4 Å². The van der Waals surface area contributed by atoms with E-state index in [0.29, 0.717) is 30.4 Å². The monoisotopic (exact) mass is 1910 g/mol. The number of primary amides is 1. The average Bonchev–Trinajstić information content (AvgIpc) is 0.960. The van der Waals surface area contributed by atoms with Crippen molar-refractivity contribution in [1.82, 2.24) is 100 Å². The number of nitrogens with two attached hydrogens (primary N) is 3. The highest BCUT2D eigenvalue weighted by Crippen LogP contribution is 2.20. The summed E-state index contributed by atoms with van der Waals surface area (Å²) in [4.78, 5) is 240. The number of hydrogen-bond acceptors (Lipinski definition) is 27. The highest BCUT2D eigenvalue weighted by atomic mass is 32.2. The van der Waals surface area contributed by atoms with Gasteiger partial charge in [-0.1, -0.05) is 106 Å². The second-order valence-electron chi connectivity index (χ2n) is 34.3. The first-order valence-corrected chi connectivity index (χ1v) is 47.9. The Labute approximate surface area is 788 Å². The molecule has 0 spiro atoms. The lowest BCUT2D eigenvalue weighted by molar-refractivity contribution is -0.137. The maximum Gasteiger partial charge on any atom is 0.245 e. The third kappa shape index (κ3) is 39.2. The summed E-state index contributed by atoms with van der Waals surface area (Å²) < 4.78 is 1.42. The van der Waals surface area contributed by atoms with Gasteiger partial charge in [0.1, 0.15) is 90.6 Å². The molecule has 4 aromatic rings. The van der Waals surface area contributed by atoms with Crippen LogP contribution in [0.5, 0.6) is 0 Å². The number of nitrogens with one attached hydrogen (secondary N) is 16. The quantitative estimate of drug-likeness (QED) is 0.0185. The highest BCUT2D eigenvalue weighted by molar-refractivity contribution is 7.98. The number of thioether (sulfide) groups is 2. The lowest BCUT2D eigenvalue weighted by Crippen LogP contribution is -2.62. The van der Waals surface area contributed by atoms with Crippen LogP contribution in [0.1, 0.15) is 163 Å². The van der Waals surface area contributed by atoms with Gasteiger partial charge >= 0.3 is 0 Å². The van der Waals surface area contributed by atoms with Crippen LogP contribution < -0.4 is 102 Å². The van der Waals surface area contributed by atoms with E-state index in [1.165, 1.54) is 62.1 Å². The number of amides is 17. The highest BCUT2D eigenvalue weighted by Gasteiger charge is 2.40. The van der Waals surface area contributed by atoms with Crippen molar-refractivity contribution in [3.63, 3.8) is 0 Å². The number of rotatable bonds is 50. The minimum absolute atomic E-state index is 0.0175. The molecule has 134 heavy (non-hydrogen) atoms. The van der Waals surface area contributed by atoms with Gasteiger partial charge in [-0.15, -0.1) is 5.10 Å². The van der Waals surface area contributed by atoms with Gasteiger partial charge < -0.3 is 123 Å². The molecule has 742 valence electrons. The third-order valence-corrected chi connectivity index (χ3v) is 23.1. The van der Waals surface area contributed by atoms with Gasteiger partial charge in [-0.3, -0.25) is 86.2 Å². The molecule has 2 heterocycles. The molecule has 3 aromatic carbocycles. The summed E-state index contributed by atoms with van der Waals surface area (Å²) in [6.45, 7) is 11.9. The molecule has 43 nitrogen and oxygen atoms in total. The summed E-state index contributed by atoms with van der Waals surface area (Å²) in [5.41, 5.74) is 18.5. The van der Waals surface area contributed by atoms with Crippen LogP contribution in [0, 0.1) is 11.8 Å². The minimum atomic E-state index is -1.81. The number of carbonyl (C=O) groups is 17. The van der Waals surface area contributed by atoms with E-state index in [1.54, 1.807) is 94.8 Å². The normalized spacial score (nSPS) is 18.7. The Hall–Kier alpha value is -11.5. The number of aliphatic hydroxyl groups is 4. The summed E-state index contributed by atoms with van der Waals surface area (Å²) in [6.07, 6.45) is 0.895. The summed E-state index contributed by atoms with van der Waals surface area (Å²) >= 11 is 2.61. The maximum atomic E-state index is 15.0. The maximum absolute atomic E-state index is 15.0. The van der Waals surface area contributed by atoms with Crippen molar-refractivity contribution in [2.45, 2.75) is 281 Å². The Kier molecular flexibility index (Phi) is 49.4. The van der Waals surface area contributed by atoms with Crippen LogP contribution in [0.2, 0.25) is 0 Å². The third-order valence-electron chi connectivity index (χ3n) is 21.8. The minimum Gasteiger partial charge on any atom is -0.394 e. The Balaban J connectivity index is 1.40. The fourth-order valence-electron chi connectivity index (χ4n) is 14.4. The van der Waals surface area contributed by atoms with Crippen molar-refractivity contribution in [3.8, 4) is 0 Å². The zero-order chi connectivity index (χ0) is 99.4. The molecule has 1 aliphatic heterocycles. The number of hydrogen-bond donors (Lipinski definition) is 23. The van der Waals surface area contributed by atoms with Gasteiger partial charge in [0.2, 0.25) is 100 Å². The van der Waals surface area contributed by atoms with Crippen LogP contribution in [-0.4, -0.2) is 295 Å². The Morgan fingerprint density at radius 1 is 0.515 bits per heavy atom. The number of unbranched alkanes of at least 4 members (excludes halogenated alkanes) is 2. The SMILES string of the molecule is CSCC[C@@H](NC(=O)CNC(=O)C(Cc1ccc2ccccc2c1)NC(=O)[C@@H](NC(=O)[C@@H](NC(C)=O)[C@H](C)O)[C@H](C)O)C(=O)N[C@H](CCSC)C(=O)N[C@@H](C(=O)N[C@H](CC(C)C)C(=O)N[C@H](CCCCN)C(=O)N[C@@H]1CCCCn2cc(nn2)C[C@@H](C(=O)N[C@H](CC(C)C)C(=O)N[C@@H](CO)C(N)=O)NC(=O)[C@@H](CCCCN)NC(=O)[C@H](Cc2ccccc2)NC(=O)[C@@H](C)NC1=O)[C@H](C)O. The van der Waals surface area contributed by atoms with E-state index in [1.807, 2.05) is 18.2 Å². The lowest BCUT2D eigenvalue weighted by Gasteiger charge is -2.29. The first kappa shape index (κ1) is 113. The van der Waals surface area contributed by atoms with Crippen LogP contribution >= 0.6 is 23.5 Å². The van der Waals surface area contributed by atoms with E-state index in [9.17, 15) is 102 Å². The van der Waals surface area contributed by atoms with Gasteiger partial charge in [-0.25, -0.2) is 0 Å². The molecule has 2 bridgehead atoms. The van der Waals surface area contributed by atoms with E-state index < -0.39 is 223 Å². The predicted molar refractivity (Wildman–Crippen MR) is 501 cm³/mol. The number of nitrogens with zero attached hydrogens (tertiary/aromatic N) is 3. The molecule has 0 aliphatic carbocycles. The fourth-order valence-corrected chi connectivity index (χ4v) is 15.4. The second kappa shape index (κ2) is 58.6. The summed E-state index contributed by atoms with van der Waals surface area (Å²) in [5.74, 6) is -15.6. The molecule has 0 saturated heterocycles. The van der Waals surface area contributed by atoms with E-state index >= 15 is 0 Å². The van der Waals surface area contributed by atoms with Crippen molar-refractivity contribution in [1.29, 1.82) is 0 Å². The van der Waals surface area contributed by atoms with Crippen molar-refractivity contribution in [3.05, 3.63) is 95.8 Å². The molecule has 17 amide bonds. The fraction of sp³-hybridized carbons (Fsp3) is 0.607. The molecule has 18 atom stereocenters. The van der Waals surface area contributed by atoms with Crippen LogP contribution in [0.15, 0.2) is 79.0 Å². The molecule has 0 fully saturated rings. The van der Waals surface area contributed by atoms with Gasteiger partial charge in [0.15, 0.2) is 0 Å². The molecule has 0 saturated carbocycles. The second-order valence-corrected chi connectivity index (χ2v) is 36.2. The lowest BCUT2D eigenvalue weighted by atomic mass is 10.0. The van der Waals surface area contributed by atoms with Gasteiger partial charge in [-0.2, -0.15) is 23.5 Å². The van der Waals surface area contributed by atoms with Crippen molar-refractivity contribution < 1.29 is 102 Å². The molecule has 0 radical (unpaired) electrons. The van der Waals surface area contributed by atoms with Crippen LogP contribution in [0.25, 0.3) is 10.8 Å². The van der Waals surface area contributed by atoms with Gasteiger partial charge in [-0.05, 0) is 182 Å². The summed E-state index contributed by atoms with van der Waals surface area (Å²) in [7, 11) is 0. The van der Waals surface area contributed by atoms with Crippen molar-refractivity contribution >= 4 is 135 Å². The topological polar surface area (TPSA) is 672 Å². The van der Waals surface area contributed by atoms with E-state index in [0.717, 1.165) is 17.7 Å². The van der Waals surface area contributed by atoms with Crippen LogP contribution in [0.4, 0.5) is 0 Å². The molecule has 1 aliphatic rings. The zero-order valence-corrected chi connectivity index (χ0v) is 79.6.